The molecule has 0 bridgehead atoms. The van der Waals surface area contributed by atoms with Crippen LogP contribution in [0.25, 0.3) is 0 Å². The molecule has 41 heavy (non-hydrogen) atoms. The number of phenolic OH excluding ortho intramolecular Hbond substituents is 1. The summed E-state index contributed by atoms with van der Waals surface area (Å²) < 4.78 is 11.7. The molecule has 0 amide bonds. The Labute approximate surface area is 251 Å². The van der Waals surface area contributed by atoms with Crippen LogP contribution < -0.4 is 4.74 Å². The summed E-state index contributed by atoms with van der Waals surface area (Å²) in [5.41, 5.74) is 5.34. The Morgan fingerprint density at radius 2 is 1.34 bits per heavy atom. The molecule has 226 valence electrons. The first-order valence-electron chi connectivity index (χ1n) is 15.1. The lowest BCUT2D eigenvalue weighted by atomic mass is 9.81. The number of aryl methyl sites for hydroxylation is 2. The summed E-state index contributed by atoms with van der Waals surface area (Å²) in [5.74, 6) is 1.67. The highest BCUT2D eigenvalue weighted by Crippen LogP contribution is 2.40. The summed E-state index contributed by atoms with van der Waals surface area (Å²) in [6.07, 6.45) is 6.62. The lowest BCUT2D eigenvalue weighted by molar-refractivity contribution is -0.150. The van der Waals surface area contributed by atoms with Crippen molar-refractivity contribution in [3.8, 4) is 11.5 Å². The van der Waals surface area contributed by atoms with Gasteiger partial charge in [0.05, 0.1) is 12.8 Å². The summed E-state index contributed by atoms with van der Waals surface area (Å²) in [6, 6.07) is 8.22. The Morgan fingerprint density at radius 3 is 1.93 bits per heavy atom. The van der Waals surface area contributed by atoms with E-state index in [0.29, 0.717) is 35.8 Å². The fourth-order valence-corrected chi connectivity index (χ4v) is 6.25. The number of esters is 2. The van der Waals surface area contributed by atoms with Crippen LogP contribution in [-0.4, -0.2) is 34.7 Å². The second-order valence-corrected chi connectivity index (χ2v) is 14.9. The van der Waals surface area contributed by atoms with E-state index in [9.17, 15) is 14.7 Å². The molecule has 2 aromatic rings. The van der Waals surface area contributed by atoms with Gasteiger partial charge in [0, 0.05) is 23.5 Å². The minimum atomic E-state index is -0.290. The van der Waals surface area contributed by atoms with Gasteiger partial charge in [-0.25, -0.2) is 0 Å². The SMILES string of the molecule is Cc1cc(Cc2cc(C)cc(C(C)(C)C)c2OC(=O)CCSCCC(=O)OC2CCCCC2)c(O)c(C(C)(C)C)c1. The Balaban J connectivity index is 1.70. The van der Waals surface area contributed by atoms with E-state index in [4.69, 9.17) is 9.47 Å². The normalized spacial score (nSPS) is 14.6. The monoisotopic (exact) mass is 582 g/mol. The Hall–Kier alpha value is -2.47. The molecule has 0 unspecified atom stereocenters. The molecule has 0 atom stereocenters. The zero-order chi connectivity index (χ0) is 30.4. The Bertz CT molecular complexity index is 1210. The topological polar surface area (TPSA) is 72.8 Å². The third kappa shape index (κ3) is 9.80. The maximum Gasteiger partial charge on any atom is 0.312 e. The number of benzene rings is 2. The van der Waals surface area contributed by atoms with Gasteiger partial charge >= 0.3 is 11.9 Å². The summed E-state index contributed by atoms with van der Waals surface area (Å²) in [5, 5.41) is 11.2. The predicted octanol–water partition coefficient (Wildman–Crippen LogP) is 8.49. The lowest BCUT2D eigenvalue weighted by Crippen LogP contribution is -2.21. The van der Waals surface area contributed by atoms with Crippen LogP contribution in [0.1, 0.15) is 120 Å². The van der Waals surface area contributed by atoms with E-state index >= 15 is 0 Å². The average molecular weight is 583 g/mol. The highest BCUT2D eigenvalue weighted by atomic mass is 32.2. The van der Waals surface area contributed by atoms with Crippen molar-refractivity contribution in [3.63, 3.8) is 0 Å². The molecule has 0 aromatic heterocycles. The number of aromatic hydroxyl groups is 1. The highest BCUT2D eigenvalue weighted by molar-refractivity contribution is 7.99. The van der Waals surface area contributed by atoms with E-state index in [1.165, 1.54) is 6.42 Å². The van der Waals surface area contributed by atoms with Gasteiger partial charge in [-0.2, -0.15) is 11.8 Å². The van der Waals surface area contributed by atoms with Crippen molar-refractivity contribution in [2.45, 2.75) is 124 Å². The molecule has 0 heterocycles. The number of hydrogen-bond acceptors (Lipinski definition) is 6. The van der Waals surface area contributed by atoms with Crippen molar-refractivity contribution in [3.05, 3.63) is 57.6 Å². The number of carbonyl (C=O) groups is 2. The molecule has 1 fully saturated rings. The molecule has 1 aliphatic rings. The van der Waals surface area contributed by atoms with Gasteiger partial charge in [0.15, 0.2) is 0 Å². The molecule has 0 saturated heterocycles. The predicted molar refractivity (Wildman–Crippen MR) is 169 cm³/mol. The second-order valence-electron chi connectivity index (χ2n) is 13.6. The average Bonchev–Trinajstić information content (AvgIpc) is 2.86. The number of phenols is 1. The number of thioether (sulfide) groups is 1. The van der Waals surface area contributed by atoms with E-state index in [2.05, 4.69) is 60.6 Å². The highest BCUT2D eigenvalue weighted by Gasteiger charge is 2.26. The van der Waals surface area contributed by atoms with Crippen LogP contribution in [0.5, 0.6) is 11.5 Å². The van der Waals surface area contributed by atoms with Crippen molar-refractivity contribution < 1.29 is 24.2 Å². The zero-order valence-electron chi connectivity index (χ0n) is 26.4. The molecule has 0 aliphatic heterocycles. The minimum absolute atomic E-state index is 0.0821. The van der Waals surface area contributed by atoms with Crippen LogP contribution in [0, 0.1) is 13.8 Å². The van der Waals surface area contributed by atoms with Crippen molar-refractivity contribution in [1.82, 2.24) is 0 Å². The quantitative estimate of drug-likeness (QED) is 0.172. The van der Waals surface area contributed by atoms with Gasteiger partial charge in [0.25, 0.3) is 0 Å². The summed E-state index contributed by atoms with van der Waals surface area (Å²) in [6.45, 7) is 16.7. The first-order valence-corrected chi connectivity index (χ1v) is 16.3. The van der Waals surface area contributed by atoms with E-state index in [0.717, 1.165) is 59.1 Å². The third-order valence-electron chi connectivity index (χ3n) is 7.61. The zero-order valence-corrected chi connectivity index (χ0v) is 27.3. The van der Waals surface area contributed by atoms with Crippen molar-refractivity contribution in [2.24, 2.45) is 0 Å². The maximum absolute atomic E-state index is 13.1. The smallest absolute Gasteiger partial charge is 0.312 e. The fraction of sp³-hybridized carbons (Fsp3) is 0.600. The van der Waals surface area contributed by atoms with Crippen LogP contribution in [0.3, 0.4) is 0 Å². The van der Waals surface area contributed by atoms with Crippen molar-refractivity contribution >= 4 is 23.7 Å². The molecular formula is C35H50O5S. The second kappa shape index (κ2) is 14.1. The van der Waals surface area contributed by atoms with E-state index in [1.54, 1.807) is 11.8 Å². The molecule has 1 N–H and O–H groups in total. The van der Waals surface area contributed by atoms with Gasteiger partial charge in [0.1, 0.15) is 17.6 Å². The van der Waals surface area contributed by atoms with Crippen LogP contribution in [0.2, 0.25) is 0 Å². The third-order valence-corrected chi connectivity index (χ3v) is 8.59. The Kier molecular flexibility index (Phi) is 11.4. The molecule has 6 heteroatoms. The largest absolute Gasteiger partial charge is 0.507 e. The fourth-order valence-electron chi connectivity index (χ4n) is 5.43. The number of ether oxygens (including phenoxy) is 2. The van der Waals surface area contributed by atoms with Crippen LogP contribution in [-0.2, 0) is 31.6 Å². The van der Waals surface area contributed by atoms with Gasteiger partial charge in [-0.3, -0.25) is 9.59 Å². The van der Waals surface area contributed by atoms with Crippen LogP contribution >= 0.6 is 11.8 Å². The molecule has 0 radical (unpaired) electrons. The molecule has 0 spiro atoms. The summed E-state index contributed by atoms with van der Waals surface area (Å²) in [4.78, 5) is 25.2. The van der Waals surface area contributed by atoms with Gasteiger partial charge in [0.2, 0.25) is 0 Å². The minimum Gasteiger partial charge on any atom is -0.507 e. The van der Waals surface area contributed by atoms with Gasteiger partial charge in [-0.1, -0.05) is 83.4 Å². The molecule has 1 saturated carbocycles. The first kappa shape index (κ1) is 33.0. The number of hydrogen-bond donors (Lipinski definition) is 1. The van der Waals surface area contributed by atoms with Crippen molar-refractivity contribution in [1.29, 1.82) is 0 Å². The number of rotatable bonds is 10. The van der Waals surface area contributed by atoms with E-state index in [-0.39, 0.29) is 35.3 Å². The molecule has 3 rings (SSSR count). The Morgan fingerprint density at radius 1 is 0.805 bits per heavy atom. The van der Waals surface area contributed by atoms with Crippen LogP contribution in [0.4, 0.5) is 0 Å². The molecule has 2 aromatic carbocycles. The standard InChI is InChI=1S/C35H50O5S/c1-23-18-25(32(38)28(20-23)34(3,4)5)22-26-19-24(2)21-29(35(6,7)8)33(26)40-31(37)15-17-41-16-14-30(36)39-27-12-10-9-11-13-27/h18-21,27,38H,9-17,22H2,1-8H3. The van der Waals surface area contributed by atoms with Crippen LogP contribution in [0.15, 0.2) is 24.3 Å². The van der Waals surface area contributed by atoms with Gasteiger partial charge in [-0.05, 0) is 67.1 Å². The lowest BCUT2D eigenvalue weighted by Gasteiger charge is -2.26. The van der Waals surface area contributed by atoms with Gasteiger partial charge in [-0.15, -0.1) is 0 Å². The molecular weight excluding hydrogens is 532 g/mol. The van der Waals surface area contributed by atoms with E-state index < -0.39 is 0 Å². The first-order chi connectivity index (χ1) is 19.1. The molecule has 5 nitrogen and oxygen atoms in total. The van der Waals surface area contributed by atoms with Gasteiger partial charge < -0.3 is 14.6 Å². The number of carbonyl (C=O) groups excluding carboxylic acids is 2. The van der Waals surface area contributed by atoms with Crippen molar-refractivity contribution in [2.75, 3.05) is 11.5 Å². The molecule has 1 aliphatic carbocycles. The summed E-state index contributed by atoms with van der Waals surface area (Å²) in [7, 11) is 0. The van der Waals surface area contributed by atoms with E-state index in [1.807, 2.05) is 19.1 Å². The maximum atomic E-state index is 13.1. The summed E-state index contributed by atoms with van der Waals surface area (Å²) >= 11 is 1.57.